The Kier molecular flexibility index (Phi) is 5.89. The van der Waals surface area contributed by atoms with Crippen molar-refractivity contribution >= 4 is 38.8 Å². The highest BCUT2D eigenvalue weighted by molar-refractivity contribution is 7.18. The number of rotatable bonds is 7. The van der Waals surface area contributed by atoms with E-state index in [0.29, 0.717) is 24.6 Å². The summed E-state index contributed by atoms with van der Waals surface area (Å²) in [6.07, 6.45) is 0. The molecule has 1 N–H and O–H groups in total. The molecular formula is C20H18FN5OS2. The van der Waals surface area contributed by atoms with Crippen LogP contribution >= 0.6 is 22.7 Å². The average Bonchev–Trinajstić information content (AvgIpc) is 3.33. The molecule has 1 amide bonds. The van der Waals surface area contributed by atoms with Gasteiger partial charge < -0.3 is 5.32 Å². The number of aromatic nitrogens is 3. The van der Waals surface area contributed by atoms with Crippen molar-refractivity contribution in [3.63, 3.8) is 0 Å². The number of nitrogens with one attached hydrogen (secondary N) is 1. The minimum atomic E-state index is -0.302. The Bertz CT molecular complexity index is 1090. The van der Waals surface area contributed by atoms with E-state index in [-0.39, 0.29) is 11.7 Å². The fraction of sp³-hybridized carbons (Fsp3) is 0.200. The van der Waals surface area contributed by atoms with E-state index in [1.165, 1.54) is 28.2 Å². The summed E-state index contributed by atoms with van der Waals surface area (Å²) in [7, 11) is 1.99. The Balaban J connectivity index is 1.31. The molecule has 2 aromatic heterocycles. The number of carbonyl (C=O) groups is 1. The highest BCUT2D eigenvalue weighted by Gasteiger charge is 2.15. The average molecular weight is 428 g/mol. The van der Waals surface area contributed by atoms with Crippen LogP contribution in [0.4, 0.5) is 4.39 Å². The van der Waals surface area contributed by atoms with Gasteiger partial charge in [-0.15, -0.1) is 21.5 Å². The van der Waals surface area contributed by atoms with Crippen LogP contribution in [-0.4, -0.2) is 33.0 Å². The lowest BCUT2D eigenvalue weighted by molar-refractivity contribution is 0.0950. The van der Waals surface area contributed by atoms with Crippen LogP contribution in [0, 0.1) is 5.82 Å². The molecule has 0 atom stereocenters. The molecule has 0 bridgehead atoms. The summed E-state index contributed by atoms with van der Waals surface area (Å²) in [5.74, 6) is -0.587. The van der Waals surface area contributed by atoms with Gasteiger partial charge in [-0.05, 0) is 36.9 Å². The standard InChI is InChI=1S/C20H18FN5OS2/c1-26(11-17-23-15-4-2-3-5-16(15)28-17)12-18-24-25-20(29-18)19(27)22-10-13-6-8-14(21)9-7-13/h2-9H,10-12H2,1H3,(H,22,27). The Morgan fingerprint density at radius 1 is 1.03 bits per heavy atom. The molecule has 29 heavy (non-hydrogen) atoms. The van der Waals surface area contributed by atoms with Gasteiger partial charge in [0.05, 0.1) is 23.3 Å². The largest absolute Gasteiger partial charge is 0.346 e. The topological polar surface area (TPSA) is 71.0 Å². The molecule has 0 radical (unpaired) electrons. The Morgan fingerprint density at radius 3 is 2.59 bits per heavy atom. The summed E-state index contributed by atoms with van der Waals surface area (Å²) in [6.45, 7) is 1.59. The summed E-state index contributed by atoms with van der Waals surface area (Å²) in [5, 5.41) is 13.0. The molecule has 0 unspecified atom stereocenters. The van der Waals surface area contributed by atoms with Crippen LogP contribution in [0.5, 0.6) is 0 Å². The van der Waals surface area contributed by atoms with Crippen molar-refractivity contribution in [3.05, 3.63) is 74.9 Å². The van der Waals surface area contributed by atoms with E-state index in [1.807, 2.05) is 25.2 Å². The van der Waals surface area contributed by atoms with Crippen LogP contribution in [-0.2, 0) is 19.6 Å². The number of hydrogen-bond donors (Lipinski definition) is 1. The second-order valence-corrected chi connectivity index (χ2v) is 8.73. The zero-order valence-electron chi connectivity index (χ0n) is 15.6. The van der Waals surface area contributed by atoms with E-state index in [9.17, 15) is 9.18 Å². The van der Waals surface area contributed by atoms with Crippen molar-refractivity contribution in [2.24, 2.45) is 0 Å². The molecule has 0 saturated carbocycles. The number of para-hydroxylation sites is 1. The smallest absolute Gasteiger partial charge is 0.282 e. The van der Waals surface area contributed by atoms with Gasteiger partial charge >= 0.3 is 0 Å². The first-order chi connectivity index (χ1) is 14.1. The minimum Gasteiger partial charge on any atom is -0.346 e. The van der Waals surface area contributed by atoms with Gasteiger partial charge in [-0.2, -0.15) is 0 Å². The Hall–Kier alpha value is -2.75. The van der Waals surface area contributed by atoms with Crippen LogP contribution in [0.2, 0.25) is 0 Å². The SMILES string of the molecule is CN(Cc1nnc(C(=O)NCc2ccc(F)cc2)s1)Cc1nc2ccccc2s1. The second-order valence-electron chi connectivity index (χ2n) is 6.56. The molecule has 0 aliphatic heterocycles. The fourth-order valence-corrected chi connectivity index (χ4v) is 4.66. The molecule has 0 saturated heterocycles. The minimum absolute atomic E-state index is 0.285. The molecule has 0 spiro atoms. The molecule has 6 nitrogen and oxygen atoms in total. The summed E-state index contributed by atoms with van der Waals surface area (Å²) >= 11 is 2.95. The van der Waals surface area contributed by atoms with E-state index >= 15 is 0 Å². The van der Waals surface area contributed by atoms with Crippen molar-refractivity contribution in [2.75, 3.05) is 7.05 Å². The van der Waals surface area contributed by atoms with E-state index in [4.69, 9.17) is 0 Å². The number of amides is 1. The Morgan fingerprint density at radius 2 is 1.79 bits per heavy atom. The van der Waals surface area contributed by atoms with Gasteiger partial charge in [0.25, 0.3) is 5.91 Å². The number of benzene rings is 2. The molecule has 0 aliphatic rings. The van der Waals surface area contributed by atoms with Gasteiger partial charge in [0, 0.05) is 6.54 Å². The number of fused-ring (bicyclic) bond motifs is 1. The lowest BCUT2D eigenvalue weighted by Crippen LogP contribution is -2.22. The molecule has 2 heterocycles. The van der Waals surface area contributed by atoms with Crippen LogP contribution in [0.25, 0.3) is 10.2 Å². The number of thiazole rings is 1. The summed E-state index contributed by atoms with van der Waals surface area (Å²) in [4.78, 5) is 19.0. The van der Waals surface area contributed by atoms with Crippen LogP contribution in [0.15, 0.2) is 48.5 Å². The molecule has 0 aliphatic carbocycles. The second kappa shape index (κ2) is 8.73. The van der Waals surface area contributed by atoms with Crippen molar-refractivity contribution in [2.45, 2.75) is 19.6 Å². The van der Waals surface area contributed by atoms with Gasteiger partial charge in [0.2, 0.25) is 5.01 Å². The summed E-state index contributed by atoms with van der Waals surface area (Å²) < 4.78 is 14.1. The fourth-order valence-electron chi connectivity index (χ4n) is 2.77. The van der Waals surface area contributed by atoms with Gasteiger partial charge in [-0.1, -0.05) is 35.6 Å². The predicted octanol–water partition coefficient (Wildman–Crippen LogP) is 3.85. The monoisotopic (exact) mass is 427 g/mol. The molecule has 2 aromatic carbocycles. The highest BCUT2D eigenvalue weighted by atomic mass is 32.1. The molecule has 4 rings (SSSR count). The first-order valence-electron chi connectivity index (χ1n) is 8.95. The number of nitrogens with zero attached hydrogens (tertiary/aromatic N) is 4. The highest BCUT2D eigenvalue weighted by Crippen LogP contribution is 2.23. The molecule has 0 fully saturated rings. The van der Waals surface area contributed by atoms with E-state index in [1.54, 1.807) is 23.5 Å². The van der Waals surface area contributed by atoms with Crippen LogP contribution in [0.1, 0.15) is 25.4 Å². The maximum atomic E-state index is 12.9. The molecule has 148 valence electrons. The zero-order chi connectivity index (χ0) is 20.2. The maximum absolute atomic E-state index is 12.9. The van der Waals surface area contributed by atoms with Gasteiger partial charge in [-0.25, -0.2) is 9.37 Å². The van der Waals surface area contributed by atoms with Gasteiger partial charge in [-0.3, -0.25) is 9.69 Å². The summed E-state index contributed by atoms with van der Waals surface area (Å²) in [5.41, 5.74) is 1.83. The molecular weight excluding hydrogens is 409 g/mol. The lowest BCUT2D eigenvalue weighted by atomic mass is 10.2. The number of hydrogen-bond acceptors (Lipinski definition) is 7. The van der Waals surface area contributed by atoms with E-state index in [2.05, 4.69) is 31.5 Å². The summed E-state index contributed by atoms with van der Waals surface area (Å²) in [6, 6.07) is 14.1. The molecule has 9 heteroatoms. The van der Waals surface area contributed by atoms with Crippen molar-refractivity contribution < 1.29 is 9.18 Å². The van der Waals surface area contributed by atoms with Gasteiger partial charge in [0.1, 0.15) is 15.8 Å². The first kappa shape index (κ1) is 19.6. The first-order valence-corrected chi connectivity index (χ1v) is 10.6. The van der Waals surface area contributed by atoms with Crippen molar-refractivity contribution in [1.82, 2.24) is 25.4 Å². The normalized spacial score (nSPS) is 11.3. The van der Waals surface area contributed by atoms with Crippen molar-refractivity contribution in [1.29, 1.82) is 0 Å². The number of carbonyl (C=O) groups excluding carboxylic acids is 1. The molecule has 4 aromatic rings. The third-order valence-electron chi connectivity index (χ3n) is 4.18. The Labute approximate surface area is 175 Å². The van der Waals surface area contributed by atoms with Gasteiger partial charge in [0.15, 0.2) is 0 Å². The quantitative estimate of drug-likeness (QED) is 0.485. The van der Waals surface area contributed by atoms with E-state index in [0.717, 1.165) is 21.1 Å². The van der Waals surface area contributed by atoms with E-state index < -0.39 is 0 Å². The van der Waals surface area contributed by atoms with Crippen molar-refractivity contribution in [3.8, 4) is 0 Å². The third-order valence-corrected chi connectivity index (χ3v) is 6.10. The zero-order valence-corrected chi connectivity index (χ0v) is 17.3. The number of halogens is 1. The maximum Gasteiger partial charge on any atom is 0.282 e. The third kappa shape index (κ3) is 5.00. The lowest BCUT2D eigenvalue weighted by Gasteiger charge is -2.12. The van der Waals surface area contributed by atoms with Crippen LogP contribution < -0.4 is 5.32 Å². The van der Waals surface area contributed by atoms with Crippen LogP contribution in [0.3, 0.4) is 0 Å². The predicted molar refractivity (Wildman–Crippen MR) is 112 cm³/mol.